The van der Waals surface area contributed by atoms with E-state index in [1.807, 2.05) is 0 Å². The highest BCUT2D eigenvalue weighted by molar-refractivity contribution is 5.39. The fourth-order valence-corrected chi connectivity index (χ4v) is 3.33. The average molecular weight is 236 g/mol. The van der Waals surface area contributed by atoms with Crippen LogP contribution in [0.15, 0.2) is 48.5 Å². The van der Waals surface area contributed by atoms with Gasteiger partial charge in [0.25, 0.3) is 0 Å². The molecule has 2 atom stereocenters. The molecule has 0 N–H and O–H groups in total. The summed E-state index contributed by atoms with van der Waals surface area (Å²) < 4.78 is 0. The van der Waals surface area contributed by atoms with Crippen LogP contribution in [0.1, 0.15) is 47.4 Å². The molecule has 0 nitrogen and oxygen atoms in total. The molecule has 0 saturated carbocycles. The van der Waals surface area contributed by atoms with E-state index in [9.17, 15) is 0 Å². The highest BCUT2D eigenvalue weighted by Crippen LogP contribution is 2.42. The van der Waals surface area contributed by atoms with Crippen molar-refractivity contribution < 1.29 is 0 Å². The van der Waals surface area contributed by atoms with Crippen LogP contribution < -0.4 is 0 Å². The fourth-order valence-electron chi connectivity index (χ4n) is 3.33. The van der Waals surface area contributed by atoms with Crippen molar-refractivity contribution in [3.05, 3.63) is 70.8 Å². The first-order chi connectivity index (χ1) is 8.75. The lowest BCUT2D eigenvalue weighted by Crippen LogP contribution is -2.17. The van der Waals surface area contributed by atoms with E-state index in [2.05, 4.69) is 62.4 Å². The van der Waals surface area contributed by atoms with Gasteiger partial charge in [0, 0.05) is 0 Å². The van der Waals surface area contributed by atoms with E-state index in [0.717, 1.165) is 0 Å². The van der Waals surface area contributed by atoms with Gasteiger partial charge in [-0.2, -0.15) is 0 Å². The molecule has 92 valence electrons. The second kappa shape index (κ2) is 4.61. The summed E-state index contributed by atoms with van der Waals surface area (Å²) in [6, 6.07) is 17.9. The summed E-state index contributed by atoms with van der Waals surface area (Å²) in [6.07, 6.45) is 2.50. The molecule has 1 aliphatic carbocycles. The summed E-state index contributed by atoms with van der Waals surface area (Å²) in [5.41, 5.74) is 6.01. The monoisotopic (exact) mass is 236 g/mol. The second-order valence-electron chi connectivity index (χ2n) is 5.55. The molecule has 2 aromatic rings. The maximum absolute atomic E-state index is 2.38. The van der Waals surface area contributed by atoms with Gasteiger partial charge in [-0.3, -0.25) is 0 Å². The Morgan fingerprint density at radius 3 is 2.56 bits per heavy atom. The summed E-state index contributed by atoms with van der Waals surface area (Å²) in [5.74, 6) is 1.32. The molecule has 18 heavy (non-hydrogen) atoms. The minimum absolute atomic E-state index is 0.636. The van der Waals surface area contributed by atoms with Crippen molar-refractivity contribution in [3.63, 3.8) is 0 Å². The van der Waals surface area contributed by atoms with E-state index in [0.29, 0.717) is 11.8 Å². The van der Waals surface area contributed by atoms with E-state index in [4.69, 9.17) is 0 Å². The Kier molecular flexibility index (Phi) is 2.95. The first-order valence-corrected chi connectivity index (χ1v) is 6.90. The number of hydrogen-bond acceptors (Lipinski definition) is 0. The van der Waals surface area contributed by atoms with Crippen molar-refractivity contribution in [2.24, 2.45) is 0 Å². The Morgan fingerprint density at radius 2 is 1.78 bits per heavy atom. The molecule has 0 fully saturated rings. The third-order valence-electron chi connectivity index (χ3n) is 4.34. The van der Waals surface area contributed by atoms with Gasteiger partial charge in [-0.25, -0.2) is 0 Å². The van der Waals surface area contributed by atoms with Crippen molar-refractivity contribution in [2.75, 3.05) is 0 Å². The van der Waals surface area contributed by atoms with Crippen molar-refractivity contribution >= 4 is 0 Å². The van der Waals surface area contributed by atoms with E-state index in [1.54, 1.807) is 11.1 Å². The van der Waals surface area contributed by atoms with Gasteiger partial charge in [0.1, 0.15) is 0 Å². The zero-order valence-corrected chi connectivity index (χ0v) is 11.2. The van der Waals surface area contributed by atoms with Crippen LogP contribution >= 0.6 is 0 Å². The fraction of sp³-hybridized carbons (Fsp3) is 0.333. The molecule has 0 aliphatic heterocycles. The molecule has 3 rings (SSSR count). The molecule has 0 heterocycles. The summed E-state index contributed by atoms with van der Waals surface area (Å²) in [5, 5.41) is 0. The predicted molar refractivity (Wildman–Crippen MR) is 77.1 cm³/mol. The number of fused-ring (bicyclic) bond motifs is 1. The Hall–Kier alpha value is -1.56. The molecular weight excluding hydrogens is 216 g/mol. The van der Waals surface area contributed by atoms with E-state index in [-0.39, 0.29) is 0 Å². The molecule has 0 saturated heterocycles. The van der Waals surface area contributed by atoms with Crippen molar-refractivity contribution in [1.82, 2.24) is 0 Å². The Morgan fingerprint density at radius 1 is 1.00 bits per heavy atom. The molecule has 0 heteroatoms. The zero-order valence-electron chi connectivity index (χ0n) is 11.2. The van der Waals surface area contributed by atoms with Crippen LogP contribution in [-0.2, 0) is 6.42 Å². The van der Waals surface area contributed by atoms with Gasteiger partial charge in [0.15, 0.2) is 0 Å². The first-order valence-electron chi connectivity index (χ1n) is 6.90. The predicted octanol–water partition coefficient (Wildman–Crippen LogP) is 4.83. The van der Waals surface area contributed by atoms with E-state index < -0.39 is 0 Å². The van der Waals surface area contributed by atoms with Gasteiger partial charge in [-0.15, -0.1) is 0 Å². The molecule has 0 radical (unpaired) electrons. The van der Waals surface area contributed by atoms with Crippen LogP contribution in [-0.4, -0.2) is 0 Å². The Balaban J connectivity index is 1.97. The SMILES string of the molecule is Cc1ccc2c(c1)CC[C@H](c1ccccc1)[C@@H]2C. The molecule has 0 aromatic heterocycles. The second-order valence-corrected chi connectivity index (χ2v) is 5.55. The van der Waals surface area contributed by atoms with Gasteiger partial charge >= 0.3 is 0 Å². The Labute approximate surface area is 110 Å². The first kappa shape index (κ1) is 11.5. The number of benzene rings is 2. The average Bonchev–Trinajstić information content (AvgIpc) is 2.40. The Bertz CT molecular complexity index is 539. The third kappa shape index (κ3) is 1.96. The van der Waals surface area contributed by atoms with Crippen LogP contribution in [0.3, 0.4) is 0 Å². The number of hydrogen-bond donors (Lipinski definition) is 0. The minimum atomic E-state index is 0.636. The smallest absolute Gasteiger partial charge is 0.00925 e. The van der Waals surface area contributed by atoms with Crippen molar-refractivity contribution in [3.8, 4) is 0 Å². The highest BCUT2D eigenvalue weighted by Gasteiger charge is 2.26. The number of aryl methyl sites for hydroxylation is 2. The van der Waals surface area contributed by atoms with Crippen LogP contribution in [0.2, 0.25) is 0 Å². The standard InChI is InChI=1S/C18H20/c1-13-8-10-18-14(2)17(11-9-16(18)12-13)15-6-4-3-5-7-15/h3-8,10,12,14,17H,9,11H2,1-2H3/t14-,17-/m0/s1. The summed E-state index contributed by atoms with van der Waals surface area (Å²) in [4.78, 5) is 0. The molecular formula is C18H20. The van der Waals surface area contributed by atoms with E-state index >= 15 is 0 Å². The minimum Gasteiger partial charge on any atom is -0.0622 e. The largest absolute Gasteiger partial charge is 0.0622 e. The molecule has 2 aromatic carbocycles. The maximum Gasteiger partial charge on any atom is -0.00925 e. The topological polar surface area (TPSA) is 0 Å². The van der Waals surface area contributed by atoms with Gasteiger partial charge in [0.2, 0.25) is 0 Å². The van der Waals surface area contributed by atoms with Gasteiger partial charge < -0.3 is 0 Å². The van der Waals surface area contributed by atoms with Gasteiger partial charge in [0.05, 0.1) is 0 Å². The summed E-state index contributed by atoms with van der Waals surface area (Å²) >= 11 is 0. The zero-order chi connectivity index (χ0) is 12.5. The van der Waals surface area contributed by atoms with Crippen molar-refractivity contribution in [2.45, 2.75) is 38.5 Å². The maximum atomic E-state index is 2.38. The lowest BCUT2D eigenvalue weighted by Gasteiger charge is -2.32. The molecule has 0 bridgehead atoms. The lowest BCUT2D eigenvalue weighted by atomic mass is 9.73. The molecule has 0 unspecified atom stereocenters. The van der Waals surface area contributed by atoms with Crippen molar-refractivity contribution in [1.29, 1.82) is 0 Å². The van der Waals surface area contributed by atoms with Crippen LogP contribution in [0.25, 0.3) is 0 Å². The van der Waals surface area contributed by atoms with Gasteiger partial charge in [-0.1, -0.05) is 61.0 Å². The van der Waals surface area contributed by atoms with Crippen LogP contribution in [0.5, 0.6) is 0 Å². The summed E-state index contributed by atoms with van der Waals surface area (Å²) in [7, 11) is 0. The third-order valence-corrected chi connectivity index (χ3v) is 4.34. The molecule has 0 amide bonds. The molecule has 1 aliphatic rings. The van der Waals surface area contributed by atoms with Crippen LogP contribution in [0.4, 0.5) is 0 Å². The summed E-state index contributed by atoms with van der Waals surface area (Å²) in [6.45, 7) is 4.57. The highest BCUT2D eigenvalue weighted by atomic mass is 14.3. The quantitative estimate of drug-likeness (QED) is 0.665. The lowest BCUT2D eigenvalue weighted by molar-refractivity contribution is 0.502. The molecule has 0 spiro atoms. The van der Waals surface area contributed by atoms with Crippen LogP contribution in [0, 0.1) is 6.92 Å². The van der Waals surface area contributed by atoms with E-state index in [1.165, 1.54) is 24.0 Å². The number of rotatable bonds is 1. The van der Waals surface area contributed by atoms with Gasteiger partial charge in [-0.05, 0) is 48.3 Å². The normalized spacial score (nSPS) is 22.6.